The van der Waals surface area contributed by atoms with E-state index in [1.165, 1.54) is 10.6 Å². The summed E-state index contributed by atoms with van der Waals surface area (Å²) in [5.74, 6) is 0. The summed E-state index contributed by atoms with van der Waals surface area (Å²) in [5.41, 5.74) is 0. The second-order valence-corrected chi connectivity index (χ2v) is 1.33. The molecule has 0 aliphatic carbocycles. The molecule has 0 atom stereocenters. The smallest absolute Gasteiger partial charge is 0.315 e. The topological polar surface area (TPSA) is 41.1 Å². The number of rotatable bonds is 2. The number of urea groups is 1. The van der Waals surface area contributed by atoms with E-state index >= 15 is 0 Å². The van der Waals surface area contributed by atoms with Crippen LogP contribution >= 0.6 is 0 Å². The molecule has 0 unspecified atom stereocenters. The standard InChI is InChI=1S/C7H16N2O/c1-5(2)8-7(10)9-6(3)4/h5-6H,1-4H3,(H2,8,9,10)/i1D3,2D3,3D3,4D3,5D,6D. The molecule has 0 aromatic heterocycles. The number of carbonyl (C=O) groups excluding carboxylic acids is 1. The molecule has 0 aromatic carbocycles. The molecular weight excluding hydrogens is 128 g/mol. The molecule has 0 radical (unpaired) electrons. The van der Waals surface area contributed by atoms with Crippen molar-refractivity contribution in [1.82, 2.24) is 10.6 Å². The van der Waals surface area contributed by atoms with Gasteiger partial charge in [0.2, 0.25) is 0 Å². The molecule has 0 heterocycles. The first-order valence-corrected chi connectivity index (χ1v) is 2.20. The van der Waals surface area contributed by atoms with Gasteiger partial charge < -0.3 is 10.6 Å². The van der Waals surface area contributed by atoms with Crippen molar-refractivity contribution >= 4 is 6.03 Å². The summed E-state index contributed by atoms with van der Waals surface area (Å²) in [6.07, 6.45) is 0. The predicted molar refractivity (Wildman–Crippen MR) is 41.9 cm³/mol. The fraction of sp³-hybridized carbons (Fsp3) is 0.857. The largest absolute Gasteiger partial charge is 0.336 e. The Morgan fingerprint density at radius 2 is 1.70 bits per heavy atom. The van der Waals surface area contributed by atoms with Gasteiger partial charge in [0, 0.05) is 28.5 Å². The Hall–Kier alpha value is -0.730. The molecule has 60 valence electrons. The van der Waals surface area contributed by atoms with Gasteiger partial charge in [0.15, 0.2) is 0 Å². The van der Waals surface area contributed by atoms with Gasteiger partial charge in [-0.05, 0) is 27.4 Å². The first-order chi connectivity index (χ1) is 10.1. The average Bonchev–Trinajstić information content (AvgIpc) is 2.21. The maximum absolute atomic E-state index is 11.8. The van der Waals surface area contributed by atoms with Crippen molar-refractivity contribution in [1.29, 1.82) is 0 Å². The van der Waals surface area contributed by atoms with E-state index in [0.29, 0.717) is 0 Å². The molecule has 2 amide bonds. The lowest BCUT2D eigenvalue weighted by atomic mass is 10.4. The highest BCUT2D eigenvalue weighted by Crippen LogP contribution is 1.79. The van der Waals surface area contributed by atoms with E-state index in [9.17, 15) is 4.79 Å². The van der Waals surface area contributed by atoms with Gasteiger partial charge in [0.1, 0.15) is 0 Å². The van der Waals surface area contributed by atoms with Gasteiger partial charge >= 0.3 is 6.03 Å². The van der Waals surface area contributed by atoms with E-state index in [2.05, 4.69) is 0 Å². The summed E-state index contributed by atoms with van der Waals surface area (Å²) >= 11 is 0. The molecule has 0 aliphatic rings. The minimum absolute atomic E-state index is 1.24. The molecule has 0 saturated carbocycles. The SMILES string of the molecule is [2H]C([2H])([2H])C([2H])(NC(=O)NC([2H])(C([2H])([2H])[2H])C([2H])([2H])[2H])C([2H])([2H])[2H]. The molecular formula is C7H16N2O. The van der Waals surface area contributed by atoms with Crippen LogP contribution in [0.15, 0.2) is 0 Å². The highest BCUT2D eigenvalue weighted by atomic mass is 16.2. The highest BCUT2D eigenvalue weighted by Gasteiger charge is 2.02. The first-order valence-electron chi connectivity index (χ1n) is 9.20. The van der Waals surface area contributed by atoms with Gasteiger partial charge in [-0.1, -0.05) is 0 Å². The molecule has 0 fully saturated rings. The Morgan fingerprint density at radius 3 is 2.00 bits per heavy atom. The molecule has 0 aromatic rings. The van der Waals surface area contributed by atoms with Crippen molar-refractivity contribution in [3.05, 3.63) is 0 Å². The van der Waals surface area contributed by atoms with Crippen LogP contribution in [-0.4, -0.2) is 18.1 Å². The van der Waals surface area contributed by atoms with Crippen LogP contribution in [0.5, 0.6) is 0 Å². The summed E-state index contributed by atoms with van der Waals surface area (Å²) in [5, 5.41) is 2.49. The Morgan fingerprint density at radius 1 is 1.30 bits per heavy atom. The van der Waals surface area contributed by atoms with Gasteiger partial charge in [-0.3, -0.25) is 0 Å². The molecule has 0 aliphatic heterocycles. The van der Waals surface area contributed by atoms with Crippen molar-refractivity contribution in [2.45, 2.75) is 39.4 Å². The van der Waals surface area contributed by atoms with Crippen LogP contribution in [0.1, 0.15) is 46.6 Å². The van der Waals surface area contributed by atoms with Gasteiger partial charge in [-0.25, -0.2) is 4.79 Å². The number of amides is 2. The van der Waals surface area contributed by atoms with Crippen molar-refractivity contribution in [2.75, 3.05) is 0 Å². The lowest BCUT2D eigenvalue weighted by Gasteiger charge is -2.11. The van der Waals surface area contributed by atoms with Crippen LogP contribution in [0.3, 0.4) is 0 Å². The average molecular weight is 158 g/mol. The molecule has 0 bridgehead atoms. The Balaban J connectivity index is 5.74. The maximum atomic E-state index is 11.8. The highest BCUT2D eigenvalue weighted by molar-refractivity contribution is 5.74. The minimum atomic E-state index is -3.56. The van der Waals surface area contributed by atoms with E-state index in [4.69, 9.17) is 19.2 Å². The van der Waals surface area contributed by atoms with Crippen LogP contribution in [0.25, 0.3) is 0 Å². The van der Waals surface area contributed by atoms with Gasteiger partial charge in [-0.15, -0.1) is 0 Å². The molecule has 0 saturated heterocycles. The van der Waals surface area contributed by atoms with Crippen molar-refractivity contribution in [3.63, 3.8) is 0 Å². The molecule has 0 spiro atoms. The second-order valence-electron chi connectivity index (χ2n) is 1.33. The lowest BCUT2D eigenvalue weighted by Crippen LogP contribution is -2.42. The summed E-state index contributed by atoms with van der Waals surface area (Å²) < 4.78 is 100. The Kier molecular flexibility index (Phi) is 0.530. The fourth-order valence-corrected chi connectivity index (χ4v) is 0.258. The lowest BCUT2D eigenvalue weighted by molar-refractivity contribution is 0.236. The Bertz CT molecular complexity index is 399. The summed E-state index contributed by atoms with van der Waals surface area (Å²) in [4.78, 5) is 11.8. The fourth-order valence-electron chi connectivity index (χ4n) is 0.258. The zero-order valence-corrected chi connectivity index (χ0v) is 4.91. The van der Waals surface area contributed by atoms with Crippen LogP contribution in [0.2, 0.25) is 0 Å². The van der Waals surface area contributed by atoms with E-state index < -0.39 is 45.5 Å². The molecule has 0 rings (SSSR count). The quantitative estimate of drug-likeness (QED) is 0.621. The van der Waals surface area contributed by atoms with Crippen molar-refractivity contribution in [3.8, 4) is 0 Å². The zero-order chi connectivity index (χ0) is 20.0. The monoisotopic (exact) mass is 158 g/mol. The molecule has 3 heteroatoms. The van der Waals surface area contributed by atoms with Crippen LogP contribution in [0.4, 0.5) is 4.79 Å². The third kappa shape index (κ3) is 5.41. The molecule has 3 nitrogen and oxygen atoms in total. The van der Waals surface area contributed by atoms with Gasteiger partial charge in [-0.2, -0.15) is 0 Å². The molecule has 10 heavy (non-hydrogen) atoms. The van der Waals surface area contributed by atoms with E-state index in [1.54, 1.807) is 0 Å². The second kappa shape index (κ2) is 4.14. The number of hydrogen-bond donors (Lipinski definition) is 2. The predicted octanol–water partition coefficient (Wildman–Crippen LogP) is 1.10. The number of nitrogens with one attached hydrogen (secondary N) is 2. The van der Waals surface area contributed by atoms with Gasteiger partial charge in [0.25, 0.3) is 0 Å². The number of hydrogen-bond acceptors (Lipinski definition) is 1. The van der Waals surface area contributed by atoms with Gasteiger partial charge in [0.05, 0.1) is 2.74 Å². The third-order valence-electron chi connectivity index (χ3n) is 0.477. The zero-order valence-electron chi connectivity index (χ0n) is 18.9. The number of carbonyl (C=O) groups is 1. The maximum Gasteiger partial charge on any atom is 0.315 e. The third-order valence-corrected chi connectivity index (χ3v) is 0.477. The minimum Gasteiger partial charge on any atom is -0.336 e. The normalized spacial score (nSPS) is 38.0. The van der Waals surface area contributed by atoms with E-state index in [-0.39, 0.29) is 0 Å². The summed E-state index contributed by atoms with van der Waals surface area (Å²) in [6, 6.07) is -9.00. The van der Waals surface area contributed by atoms with E-state index in [1.807, 2.05) is 0 Å². The van der Waals surface area contributed by atoms with E-state index in [0.717, 1.165) is 0 Å². The van der Waals surface area contributed by atoms with Crippen molar-refractivity contribution < 1.29 is 24.0 Å². The summed E-state index contributed by atoms with van der Waals surface area (Å²) in [6.45, 7) is -14.2. The van der Waals surface area contributed by atoms with Crippen LogP contribution < -0.4 is 10.6 Å². The Labute approximate surface area is 81.9 Å². The summed E-state index contributed by atoms with van der Waals surface area (Å²) in [7, 11) is 0. The van der Waals surface area contributed by atoms with Crippen LogP contribution in [0, 0.1) is 0 Å². The molecule has 2 N–H and O–H groups in total. The first kappa shape index (κ1) is 1.28. The van der Waals surface area contributed by atoms with Crippen molar-refractivity contribution in [2.24, 2.45) is 0 Å². The van der Waals surface area contributed by atoms with Crippen LogP contribution in [-0.2, 0) is 0 Å².